The van der Waals surface area contributed by atoms with Crippen LogP contribution in [0.25, 0.3) is 44.4 Å². The van der Waals surface area contributed by atoms with Gasteiger partial charge in [0, 0.05) is 24.4 Å². The molecule has 2 saturated heterocycles. The Morgan fingerprint density at radius 1 is 0.705 bits per heavy atom. The summed E-state index contributed by atoms with van der Waals surface area (Å²) in [6.07, 6.45) is 3.88. The number of ether oxygens (including phenoxy) is 2. The molecule has 0 spiro atoms. The van der Waals surface area contributed by atoms with Gasteiger partial charge in [-0.1, -0.05) is 92.7 Å². The first kappa shape index (κ1) is 41.1. The van der Waals surface area contributed by atoms with E-state index in [1.54, 1.807) is 27.8 Å². The zero-order valence-electron chi connectivity index (χ0n) is 34.4. The van der Waals surface area contributed by atoms with Gasteiger partial charge in [-0.3, -0.25) is 9.59 Å². The molecule has 4 aromatic carbocycles. The summed E-state index contributed by atoms with van der Waals surface area (Å²) < 4.78 is 9.60. The smallest absolute Gasteiger partial charge is 0.407 e. The Balaban J connectivity index is 0.943. The third-order valence-corrected chi connectivity index (χ3v) is 12.6. The third-order valence-electron chi connectivity index (χ3n) is 11.3. The number of hydrogen-bond donors (Lipinski definition) is 4. The summed E-state index contributed by atoms with van der Waals surface area (Å²) in [4.78, 5) is 71.6. The van der Waals surface area contributed by atoms with Gasteiger partial charge in [0.25, 0.3) is 5.91 Å². The lowest BCUT2D eigenvalue weighted by Gasteiger charge is -2.29. The summed E-state index contributed by atoms with van der Waals surface area (Å²) in [5, 5.41) is 7.29. The van der Waals surface area contributed by atoms with Gasteiger partial charge in [0.2, 0.25) is 5.91 Å². The van der Waals surface area contributed by atoms with Crippen molar-refractivity contribution >= 4 is 46.5 Å². The normalized spacial score (nSPS) is 17.3. The van der Waals surface area contributed by atoms with Crippen LogP contribution in [-0.2, 0) is 19.1 Å². The molecule has 0 saturated carbocycles. The van der Waals surface area contributed by atoms with Crippen molar-refractivity contribution in [2.45, 2.75) is 50.2 Å². The number of fused-ring (bicyclic) bond motifs is 1. The van der Waals surface area contributed by atoms with E-state index in [2.05, 4.69) is 86.2 Å². The molecule has 14 nitrogen and oxygen atoms in total. The number of hydrogen-bond acceptors (Lipinski definition) is 9. The average molecular weight is 841 g/mol. The van der Waals surface area contributed by atoms with E-state index in [0.29, 0.717) is 30.3 Å². The minimum atomic E-state index is -0.882. The molecule has 4 heterocycles. The van der Waals surface area contributed by atoms with Crippen molar-refractivity contribution in [1.82, 2.24) is 40.4 Å². The fourth-order valence-electron chi connectivity index (χ4n) is 8.09. The summed E-state index contributed by atoms with van der Waals surface area (Å²) in [5.41, 5.74) is 6.49. The molecule has 2 aromatic heterocycles. The van der Waals surface area contributed by atoms with Gasteiger partial charge in [-0.05, 0) is 63.9 Å². The lowest BCUT2D eigenvalue weighted by atomic mass is 9.98. The molecule has 0 aliphatic carbocycles. The number of benzene rings is 4. The van der Waals surface area contributed by atoms with E-state index >= 15 is 0 Å². The standard InChI is InChI=1S/C46H48N8O6S/c1-27(2)38(51-45(57)59-3)42(55)54-21-22-61-44(54)41-48-25-35(50-41)29-14-12-28(13-15-29)31-16-17-33-24-34(19-18-32(33)23-31)36-26-47-40(49-36)37-11-8-20-53(37)43(56)39(52-46(58)60-4)30-9-6-5-7-10-30/h5-7,9-10,12-19,23-27,37-39,44H,8,11,20-22H2,1-4H3,(H,47,49)(H,48,50)(H,51,57)(H,52,58)/t37-,38-,39+,44-/m0/s1. The maximum Gasteiger partial charge on any atom is 0.407 e. The maximum absolute atomic E-state index is 13.9. The molecule has 2 fully saturated rings. The quantitative estimate of drug-likeness (QED) is 0.101. The van der Waals surface area contributed by atoms with Crippen molar-refractivity contribution in [2.24, 2.45) is 5.92 Å². The summed E-state index contributed by atoms with van der Waals surface area (Å²) in [6.45, 7) is 4.90. The van der Waals surface area contributed by atoms with Gasteiger partial charge in [0.05, 0.1) is 44.0 Å². The van der Waals surface area contributed by atoms with Gasteiger partial charge in [-0.2, -0.15) is 0 Å². The number of amides is 4. The number of aromatic nitrogens is 4. The molecule has 15 heteroatoms. The molecule has 8 rings (SSSR count). The number of aromatic amines is 2. The highest BCUT2D eigenvalue weighted by Crippen LogP contribution is 2.39. The molecule has 6 aromatic rings. The number of nitrogens with zero attached hydrogens (tertiary/aromatic N) is 4. The highest BCUT2D eigenvalue weighted by molar-refractivity contribution is 7.99. The van der Waals surface area contributed by atoms with Crippen molar-refractivity contribution in [1.29, 1.82) is 0 Å². The Labute approximate surface area is 357 Å². The van der Waals surface area contributed by atoms with Crippen molar-refractivity contribution in [3.05, 3.63) is 121 Å². The van der Waals surface area contributed by atoms with Crippen LogP contribution in [0.15, 0.2) is 103 Å². The molecule has 0 unspecified atom stereocenters. The van der Waals surface area contributed by atoms with Gasteiger partial charge in [0.1, 0.15) is 29.1 Å². The van der Waals surface area contributed by atoms with Crippen LogP contribution in [0.1, 0.15) is 61.4 Å². The maximum atomic E-state index is 13.9. The molecule has 2 aliphatic rings. The topological polar surface area (TPSA) is 175 Å². The fourth-order valence-corrected chi connectivity index (χ4v) is 9.28. The van der Waals surface area contributed by atoms with Crippen LogP contribution in [0.5, 0.6) is 0 Å². The van der Waals surface area contributed by atoms with Gasteiger partial charge < -0.3 is 39.9 Å². The number of carbonyl (C=O) groups excluding carboxylic acids is 4. The molecule has 2 aliphatic heterocycles. The molecule has 61 heavy (non-hydrogen) atoms. The van der Waals surface area contributed by atoms with Crippen LogP contribution >= 0.6 is 11.8 Å². The molecule has 0 bridgehead atoms. The van der Waals surface area contributed by atoms with E-state index in [9.17, 15) is 19.2 Å². The van der Waals surface area contributed by atoms with Gasteiger partial charge in [-0.15, -0.1) is 11.8 Å². The Kier molecular flexibility index (Phi) is 12.1. The molecule has 4 amide bonds. The number of nitrogens with one attached hydrogen (secondary N) is 4. The number of methoxy groups -OCH3 is 2. The molecular weight excluding hydrogens is 793 g/mol. The number of carbonyl (C=O) groups is 4. The van der Waals surface area contributed by atoms with E-state index in [1.165, 1.54) is 14.2 Å². The van der Waals surface area contributed by atoms with Gasteiger partial charge in [-0.25, -0.2) is 19.6 Å². The molecule has 314 valence electrons. The first-order valence-corrected chi connectivity index (χ1v) is 21.4. The largest absolute Gasteiger partial charge is 0.453 e. The molecule has 4 atom stereocenters. The van der Waals surface area contributed by atoms with Crippen LogP contribution in [0.4, 0.5) is 9.59 Å². The van der Waals surface area contributed by atoms with Crippen molar-refractivity contribution in [3.8, 4) is 33.6 Å². The SMILES string of the molecule is COC(=O)N[C@H](C(=O)N1CCS[C@H]1c1ncc(-c2ccc(-c3ccc4cc(-c5cnc([C@@H]6CCCN6C(=O)[C@H](NC(=O)OC)c6ccccc6)[nH]5)ccc4c3)cc2)[nH]1)C(C)C. The molecule has 4 N–H and O–H groups in total. The zero-order valence-corrected chi connectivity index (χ0v) is 35.2. The average Bonchev–Trinajstić information content (AvgIpc) is 4.14. The first-order valence-electron chi connectivity index (χ1n) is 20.3. The molecular formula is C46H48N8O6S. The van der Waals surface area contributed by atoms with E-state index in [0.717, 1.165) is 63.0 Å². The van der Waals surface area contributed by atoms with E-state index in [-0.39, 0.29) is 29.1 Å². The van der Waals surface area contributed by atoms with E-state index in [4.69, 9.17) is 14.5 Å². The Morgan fingerprint density at radius 3 is 2.02 bits per heavy atom. The van der Waals surface area contributed by atoms with Crippen LogP contribution in [-0.4, -0.2) is 92.8 Å². The predicted molar refractivity (Wildman–Crippen MR) is 234 cm³/mol. The van der Waals surface area contributed by atoms with Crippen molar-refractivity contribution < 1.29 is 28.7 Å². The second kappa shape index (κ2) is 17.9. The highest BCUT2D eigenvalue weighted by Gasteiger charge is 2.39. The number of H-pyrrole nitrogens is 2. The van der Waals surface area contributed by atoms with Crippen LogP contribution in [0.3, 0.4) is 0 Å². The van der Waals surface area contributed by atoms with Crippen LogP contribution in [0, 0.1) is 5.92 Å². The van der Waals surface area contributed by atoms with Crippen molar-refractivity contribution in [3.63, 3.8) is 0 Å². The second-order valence-corrected chi connectivity index (χ2v) is 16.7. The Hall–Kier alpha value is -6.61. The Morgan fingerprint density at radius 2 is 1.31 bits per heavy atom. The lowest BCUT2D eigenvalue weighted by molar-refractivity contribution is -0.135. The number of thioether (sulfide) groups is 1. The first-order chi connectivity index (χ1) is 29.6. The van der Waals surface area contributed by atoms with Crippen molar-refractivity contribution in [2.75, 3.05) is 33.1 Å². The lowest BCUT2D eigenvalue weighted by Crippen LogP contribution is -2.51. The van der Waals surface area contributed by atoms with Gasteiger partial charge >= 0.3 is 12.2 Å². The summed E-state index contributed by atoms with van der Waals surface area (Å²) in [6, 6.07) is 28.4. The summed E-state index contributed by atoms with van der Waals surface area (Å²) >= 11 is 1.64. The zero-order chi connectivity index (χ0) is 42.6. The third kappa shape index (κ3) is 8.69. The van der Waals surface area contributed by atoms with Crippen LogP contribution < -0.4 is 10.6 Å². The van der Waals surface area contributed by atoms with E-state index < -0.39 is 24.3 Å². The highest BCUT2D eigenvalue weighted by atomic mass is 32.2. The van der Waals surface area contributed by atoms with Gasteiger partial charge in [0.15, 0.2) is 0 Å². The minimum absolute atomic E-state index is 0.116. The number of alkyl carbamates (subject to hydrolysis) is 2. The Bertz CT molecular complexity index is 2540. The second-order valence-electron chi connectivity index (χ2n) is 15.5. The summed E-state index contributed by atoms with van der Waals surface area (Å²) in [7, 11) is 2.57. The summed E-state index contributed by atoms with van der Waals surface area (Å²) in [5.74, 6) is 1.67. The fraction of sp³-hybridized carbons (Fsp3) is 0.304. The minimum Gasteiger partial charge on any atom is -0.453 e. The van der Waals surface area contributed by atoms with Crippen LogP contribution in [0.2, 0.25) is 0 Å². The number of imidazole rings is 2. The number of rotatable bonds is 11. The predicted octanol–water partition coefficient (Wildman–Crippen LogP) is 8.00. The van der Waals surface area contributed by atoms with E-state index in [1.807, 2.05) is 50.4 Å². The number of likely N-dealkylation sites (tertiary alicyclic amines) is 1. The molecule has 0 radical (unpaired) electrons. The monoisotopic (exact) mass is 840 g/mol.